The van der Waals surface area contributed by atoms with Gasteiger partial charge in [-0.1, -0.05) is 127 Å². The normalized spacial score (nSPS) is 18.6. The first-order chi connectivity index (χ1) is 24.2. The van der Waals surface area contributed by atoms with Crippen molar-refractivity contribution in [3.05, 3.63) is 197 Å². The fraction of sp³-hybridized carbons (Fsp3) is 0.125. The molecule has 0 saturated heterocycles. The van der Waals surface area contributed by atoms with E-state index in [1.165, 1.54) is 88.9 Å². The molecule has 1 atom stereocenters. The summed E-state index contributed by atoms with van der Waals surface area (Å²) in [6.45, 7) is 0. The molecule has 0 radical (unpaired) electrons. The van der Waals surface area contributed by atoms with Gasteiger partial charge in [-0.3, -0.25) is 0 Å². The second kappa shape index (κ2) is 10.9. The first-order valence-electron chi connectivity index (χ1n) is 17.7. The predicted octanol–water partition coefficient (Wildman–Crippen LogP) is 12.1. The summed E-state index contributed by atoms with van der Waals surface area (Å²) in [6.07, 6.45) is 13.8. The molecule has 4 aliphatic rings. The van der Waals surface area contributed by atoms with E-state index in [4.69, 9.17) is 0 Å². The zero-order valence-electron chi connectivity index (χ0n) is 27.8. The molecule has 0 bridgehead atoms. The summed E-state index contributed by atoms with van der Waals surface area (Å²) in [7, 11) is 2.27. The zero-order valence-corrected chi connectivity index (χ0v) is 27.8. The minimum Gasteiger partial charge on any atom is -0.348 e. The van der Waals surface area contributed by atoms with Gasteiger partial charge in [0.05, 0.1) is 5.41 Å². The molecule has 0 saturated carbocycles. The largest absolute Gasteiger partial charge is 0.348 e. The van der Waals surface area contributed by atoms with Crippen molar-refractivity contribution in [1.29, 1.82) is 0 Å². The first kappa shape index (κ1) is 28.4. The molecule has 234 valence electrons. The van der Waals surface area contributed by atoms with Crippen LogP contribution in [0.3, 0.4) is 0 Å². The minimum atomic E-state index is -0.339. The van der Waals surface area contributed by atoms with Crippen LogP contribution in [0.1, 0.15) is 53.5 Å². The van der Waals surface area contributed by atoms with Crippen LogP contribution in [0, 0.1) is 0 Å². The van der Waals surface area contributed by atoms with Gasteiger partial charge in [-0.25, -0.2) is 0 Å². The van der Waals surface area contributed by atoms with Crippen molar-refractivity contribution < 1.29 is 0 Å². The van der Waals surface area contributed by atoms with Crippen molar-refractivity contribution in [2.45, 2.75) is 31.1 Å². The van der Waals surface area contributed by atoms with E-state index in [9.17, 15) is 0 Å². The van der Waals surface area contributed by atoms with Crippen LogP contribution < -0.4 is 4.90 Å². The monoisotopic (exact) mass is 627 g/mol. The van der Waals surface area contributed by atoms with Gasteiger partial charge in [0.2, 0.25) is 0 Å². The SMILES string of the molecule is CN(C1=CC2=C(CC1)c1ccccc1C21c2ccccc2-c2cc3ccccc3cc21)c1ccc(-c2ccccc2)c(C2=CCCC=C2)c1. The van der Waals surface area contributed by atoms with E-state index in [1.807, 2.05) is 0 Å². The quantitative estimate of drug-likeness (QED) is 0.188. The van der Waals surface area contributed by atoms with Gasteiger partial charge in [0, 0.05) is 18.4 Å². The number of hydrogen-bond acceptors (Lipinski definition) is 1. The Hall–Kier alpha value is -5.66. The van der Waals surface area contributed by atoms with Crippen LogP contribution in [0.15, 0.2) is 169 Å². The van der Waals surface area contributed by atoms with E-state index in [0.717, 1.165) is 25.7 Å². The van der Waals surface area contributed by atoms with Gasteiger partial charge in [-0.05, 0) is 134 Å². The molecular formula is C48H37N. The van der Waals surface area contributed by atoms with Gasteiger partial charge in [0.1, 0.15) is 0 Å². The molecule has 0 heterocycles. The standard InChI is InChI=1S/C48H37N/c1-49(36-24-26-38(32-14-4-2-5-15-32)42(30-36)33-16-6-3-7-17-33)37-25-27-41-39-20-10-12-22-44(39)48(47(41)31-37)45-23-13-11-21-40(45)43-28-34-18-8-9-19-35(34)29-46(43)48/h2,4-6,8-24,26,28-31H,3,7,25,27H2,1H3. The maximum atomic E-state index is 2.56. The number of rotatable bonds is 4. The lowest BCUT2D eigenvalue weighted by atomic mass is 9.68. The molecule has 0 aliphatic heterocycles. The van der Waals surface area contributed by atoms with Crippen LogP contribution in [0.2, 0.25) is 0 Å². The molecule has 0 fully saturated rings. The molecule has 1 heteroatoms. The highest BCUT2D eigenvalue weighted by molar-refractivity contribution is 6.00. The molecule has 6 aromatic carbocycles. The average Bonchev–Trinajstić information content (AvgIpc) is 3.63. The van der Waals surface area contributed by atoms with Crippen LogP contribution in [0.5, 0.6) is 0 Å². The molecule has 1 spiro atoms. The minimum absolute atomic E-state index is 0.339. The number of benzene rings is 6. The Balaban J connectivity index is 1.16. The first-order valence-corrected chi connectivity index (χ1v) is 17.7. The fourth-order valence-corrected chi connectivity index (χ4v) is 9.18. The zero-order chi connectivity index (χ0) is 32.5. The van der Waals surface area contributed by atoms with Crippen molar-refractivity contribution in [3.8, 4) is 22.3 Å². The fourth-order valence-electron chi connectivity index (χ4n) is 9.18. The van der Waals surface area contributed by atoms with Crippen molar-refractivity contribution in [3.63, 3.8) is 0 Å². The van der Waals surface area contributed by atoms with Crippen molar-refractivity contribution in [2.24, 2.45) is 0 Å². The van der Waals surface area contributed by atoms with Crippen LogP contribution >= 0.6 is 0 Å². The predicted molar refractivity (Wildman–Crippen MR) is 207 cm³/mol. The van der Waals surface area contributed by atoms with Crippen LogP contribution in [0.25, 0.3) is 44.2 Å². The van der Waals surface area contributed by atoms with Gasteiger partial charge in [0.15, 0.2) is 0 Å². The molecule has 0 N–H and O–H groups in total. The summed E-state index contributed by atoms with van der Waals surface area (Å²) in [5.41, 5.74) is 18.7. The number of hydrogen-bond donors (Lipinski definition) is 0. The smallest absolute Gasteiger partial charge is 0.0723 e. The topological polar surface area (TPSA) is 3.24 Å². The molecule has 6 aromatic rings. The van der Waals surface area contributed by atoms with Gasteiger partial charge in [0.25, 0.3) is 0 Å². The van der Waals surface area contributed by atoms with Gasteiger partial charge >= 0.3 is 0 Å². The summed E-state index contributed by atoms with van der Waals surface area (Å²) in [5.74, 6) is 0. The van der Waals surface area contributed by atoms with E-state index in [1.54, 1.807) is 0 Å². The van der Waals surface area contributed by atoms with E-state index in [2.05, 4.69) is 170 Å². The summed E-state index contributed by atoms with van der Waals surface area (Å²) in [4.78, 5) is 2.45. The lowest BCUT2D eigenvalue weighted by molar-refractivity contribution is 0.772. The Labute approximate surface area is 288 Å². The van der Waals surface area contributed by atoms with Gasteiger partial charge in [-0.15, -0.1) is 0 Å². The second-order valence-corrected chi connectivity index (χ2v) is 13.9. The van der Waals surface area contributed by atoms with E-state index in [-0.39, 0.29) is 5.41 Å². The van der Waals surface area contributed by atoms with E-state index < -0.39 is 0 Å². The Morgan fingerprint density at radius 1 is 0.551 bits per heavy atom. The van der Waals surface area contributed by atoms with Crippen molar-refractivity contribution in [2.75, 3.05) is 11.9 Å². The molecular weight excluding hydrogens is 591 g/mol. The third kappa shape index (κ3) is 4.12. The number of fused-ring (bicyclic) bond motifs is 10. The average molecular weight is 628 g/mol. The second-order valence-electron chi connectivity index (χ2n) is 13.9. The third-order valence-corrected chi connectivity index (χ3v) is 11.5. The van der Waals surface area contributed by atoms with Crippen molar-refractivity contribution in [1.82, 2.24) is 0 Å². The van der Waals surface area contributed by atoms with E-state index >= 15 is 0 Å². The highest BCUT2D eigenvalue weighted by Gasteiger charge is 2.53. The molecule has 1 unspecified atom stereocenters. The number of nitrogens with zero attached hydrogens (tertiary/aromatic N) is 1. The molecule has 0 amide bonds. The Bertz CT molecular complexity index is 2450. The summed E-state index contributed by atoms with van der Waals surface area (Å²) in [5, 5.41) is 2.60. The Morgan fingerprint density at radius 3 is 2.06 bits per heavy atom. The molecule has 0 aromatic heterocycles. The Kier molecular flexibility index (Phi) is 6.33. The van der Waals surface area contributed by atoms with Crippen LogP contribution in [-0.2, 0) is 5.41 Å². The maximum absolute atomic E-state index is 2.56. The highest BCUT2D eigenvalue weighted by atomic mass is 15.1. The van der Waals surface area contributed by atoms with Crippen molar-refractivity contribution >= 4 is 27.6 Å². The number of allylic oxidation sites excluding steroid dienone is 8. The summed E-state index contributed by atoms with van der Waals surface area (Å²) in [6, 6.07) is 50.0. The van der Waals surface area contributed by atoms with Gasteiger partial charge in [-0.2, -0.15) is 0 Å². The summed E-state index contributed by atoms with van der Waals surface area (Å²) >= 11 is 0. The van der Waals surface area contributed by atoms with Gasteiger partial charge < -0.3 is 4.90 Å². The molecule has 4 aliphatic carbocycles. The highest BCUT2D eigenvalue weighted by Crippen LogP contribution is 2.64. The third-order valence-electron chi connectivity index (χ3n) is 11.5. The lowest BCUT2D eigenvalue weighted by Gasteiger charge is -2.34. The molecule has 10 rings (SSSR count). The molecule has 1 nitrogen and oxygen atoms in total. The maximum Gasteiger partial charge on any atom is 0.0723 e. The van der Waals surface area contributed by atoms with Crippen LogP contribution in [0.4, 0.5) is 5.69 Å². The summed E-state index contributed by atoms with van der Waals surface area (Å²) < 4.78 is 0. The Morgan fingerprint density at radius 2 is 1.27 bits per heavy atom. The number of anilines is 1. The van der Waals surface area contributed by atoms with Crippen LogP contribution in [-0.4, -0.2) is 7.05 Å². The molecule has 49 heavy (non-hydrogen) atoms. The lowest BCUT2D eigenvalue weighted by Crippen LogP contribution is -2.28. The van der Waals surface area contributed by atoms with E-state index in [0.29, 0.717) is 0 Å².